The lowest BCUT2D eigenvalue weighted by molar-refractivity contribution is 0.0724. The maximum atomic E-state index is 12.6. The van der Waals surface area contributed by atoms with E-state index >= 15 is 0 Å². The second-order valence-corrected chi connectivity index (χ2v) is 6.01. The van der Waals surface area contributed by atoms with Crippen LogP contribution in [0.4, 0.5) is 4.79 Å². The molecule has 5 nitrogen and oxygen atoms in total. The van der Waals surface area contributed by atoms with Crippen LogP contribution < -0.4 is 4.74 Å². The Balaban J connectivity index is 1.76. The first-order valence-electron chi connectivity index (χ1n) is 8.43. The highest BCUT2D eigenvalue weighted by molar-refractivity contribution is 5.95. The van der Waals surface area contributed by atoms with Gasteiger partial charge in [0.2, 0.25) is 0 Å². The van der Waals surface area contributed by atoms with E-state index in [4.69, 9.17) is 4.74 Å². The summed E-state index contributed by atoms with van der Waals surface area (Å²) in [7, 11) is 1.27. The maximum absolute atomic E-state index is 12.6. The highest BCUT2D eigenvalue weighted by atomic mass is 16.7. The molecule has 0 bridgehead atoms. The number of hydrogen-bond acceptors (Lipinski definition) is 4. The zero-order valence-corrected chi connectivity index (χ0v) is 14.2. The molecule has 1 heterocycles. The molecule has 0 N–H and O–H groups in total. The molecule has 2 aromatic rings. The van der Waals surface area contributed by atoms with Crippen LogP contribution in [-0.4, -0.2) is 37.2 Å². The third kappa shape index (κ3) is 4.18. The van der Waals surface area contributed by atoms with Crippen molar-refractivity contribution in [3.8, 4) is 16.9 Å². The average molecular weight is 339 g/mol. The minimum Gasteiger partial charge on any atom is -0.437 e. The molecule has 0 unspecified atom stereocenters. The zero-order valence-electron chi connectivity index (χ0n) is 14.2. The lowest BCUT2D eigenvalue weighted by atomic mass is 10.0. The molecule has 0 aromatic heterocycles. The fourth-order valence-electron chi connectivity index (χ4n) is 2.96. The van der Waals surface area contributed by atoms with Crippen LogP contribution in [0.25, 0.3) is 11.1 Å². The Hall–Kier alpha value is -2.82. The van der Waals surface area contributed by atoms with E-state index in [-0.39, 0.29) is 5.91 Å². The lowest BCUT2D eigenvalue weighted by Crippen LogP contribution is -2.35. The Morgan fingerprint density at radius 3 is 2.32 bits per heavy atom. The van der Waals surface area contributed by atoms with Gasteiger partial charge in [-0.3, -0.25) is 4.79 Å². The van der Waals surface area contributed by atoms with Crippen LogP contribution in [-0.2, 0) is 4.74 Å². The standard InChI is InChI=1S/C20H21NO4/c1-24-20(23)25-18-10-8-15(9-11-18)16-6-5-7-17(14-16)19(22)21-12-3-2-4-13-21/h5-11,14H,2-4,12-13H2,1H3. The molecule has 0 radical (unpaired) electrons. The van der Waals surface area contributed by atoms with E-state index in [1.165, 1.54) is 13.5 Å². The number of nitrogens with zero attached hydrogens (tertiary/aromatic N) is 1. The van der Waals surface area contributed by atoms with Gasteiger partial charge in [0.15, 0.2) is 0 Å². The van der Waals surface area contributed by atoms with Crippen molar-refractivity contribution >= 4 is 12.1 Å². The molecule has 1 aliphatic heterocycles. The quantitative estimate of drug-likeness (QED) is 0.623. The van der Waals surface area contributed by atoms with Crippen molar-refractivity contribution in [3.05, 3.63) is 54.1 Å². The fraction of sp³-hybridized carbons (Fsp3) is 0.300. The number of rotatable bonds is 3. The monoisotopic (exact) mass is 339 g/mol. The first-order valence-corrected chi connectivity index (χ1v) is 8.43. The van der Waals surface area contributed by atoms with Gasteiger partial charge in [0.1, 0.15) is 5.75 Å². The minimum absolute atomic E-state index is 0.0900. The fourth-order valence-corrected chi connectivity index (χ4v) is 2.96. The van der Waals surface area contributed by atoms with Crippen LogP contribution in [0, 0.1) is 0 Å². The van der Waals surface area contributed by atoms with Crippen molar-refractivity contribution in [2.24, 2.45) is 0 Å². The molecule has 25 heavy (non-hydrogen) atoms. The smallest absolute Gasteiger partial charge is 0.437 e. The van der Waals surface area contributed by atoms with Gasteiger partial charge in [-0.25, -0.2) is 4.79 Å². The second kappa shape index (κ2) is 7.83. The zero-order chi connectivity index (χ0) is 17.6. The molecule has 1 saturated heterocycles. The Kier molecular flexibility index (Phi) is 5.33. The number of benzene rings is 2. The molecule has 130 valence electrons. The predicted molar refractivity (Wildman–Crippen MR) is 94.7 cm³/mol. The predicted octanol–water partition coefficient (Wildman–Crippen LogP) is 4.12. The number of hydrogen-bond donors (Lipinski definition) is 0. The van der Waals surface area contributed by atoms with Gasteiger partial charge >= 0.3 is 6.16 Å². The Labute approximate surface area is 147 Å². The molecule has 0 aliphatic carbocycles. The van der Waals surface area contributed by atoms with Crippen LogP contribution in [0.5, 0.6) is 5.75 Å². The molecule has 0 saturated carbocycles. The summed E-state index contributed by atoms with van der Waals surface area (Å²) in [5, 5.41) is 0. The number of ether oxygens (including phenoxy) is 2. The van der Waals surface area contributed by atoms with Crippen LogP contribution in [0.15, 0.2) is 48.5 Å². The summed E-state index contributed by atoms with van der Waals surface area (Å²) in [5.41, 5.74) is 2.60. The van der Waals surface area contributed by atoms with E-state index in [1.807, 2.05) is 41.3 Å². The van der Waals surface area contributed by atoms with Crippen molar-refractivity contribution in [2.75, 3.05) is 20.2 Å². The van der Waals surface area contributed by atoms with Crippen LogP contribution in [0.3, 0.4) is 0 Å². The Bertz CT molecular complexity index is 749. The molecule has 1 amide bonds. The number of amides is 1. The van der Waals surface area contributed by atoms with Gasteiger partial charge in [-0.1, -0.05) is 24.3 Å². The molecule has 1 aliphatic rings. The van der Waals surface area contributed by atoms with E-state index in [2.05, 4.69) is 4.74 Å². The van der Waals surface area contributed by atoms with Gasteiger partial charge in [0.05, 0.1) is 7.11 Å². The lowest BCUT2D eigenvalue weighted by Gasteiger charge is -2.26. The topological polar surface area (TPSA) is 55.8 Å². The van der Waals surface area contributed by atoms with Crippen LogP contribution in [0.1, 0.15) is 29.6 Å². The molecule has 5 heteroatoms. The van der Waals surface area contributed by atoms with E-state index in [0.29, 0.717) is 11.3 Å². The molecule has 0 atom stereocenters. The summed E-state index contributed by atoms with van der Waals surface area (Å²) in [6.45, 7) is 1.67. The highest BCUT2D eigenvalue weighted by Crippen LogP contribution is 2.24. The summed E-state index contributed by atoms with van der Waals surface area (Å²) in [4.78, 5) is 25.7. The Morgan fingerprint density at radius 2 is 1.64 bits per heavy atom. The molecule has 2 aromatic carbocycles. The summed E-state index contributed by atoms with van der Waals surface area (Å²) >= 11 is 0. The molecule has 0 spiro atoms. The summed E-state index contributed by atoms with van der Waals surface area (Å²) in [6.07, 6.45) is 2.60. The molecule has 3 rings (SSSR count). The number of methoxy groups -OCH3 is 1. The summed E-state index contributed by atoms with van der Waals surface area (Å²) in [6, 6.07) is 14.7. The van der Waals surface area contributed by atoms with E-state index in [1.54, 1.807) is 12.1 Å². The van der Waals surface area contributed by atoms with Crippen molar-refractivity contribution in [3.63, 3.8) is 0 Å². The van der Waals surface area contributed by atoms with Gasteiger partial charge in [-0.2, -0.15) is 0 Å². The highest BCUT2D eigenvalue weighted by Gasteiger charge is 2.18. The van der Waals surface area contributed by atoms with Gasteiger partial charge in [0.25, 0.3) is 5.91 Å². The van der Waals surface area contributed by atoms with Gasteiger partial charge < -0.3 is 14.4 Å². The van der Waals surface area contributed by atoms with E-state index in [9.17, 15) is 9.59 Å². The molecular formula is C20H21NO4. The van der Waals surface area contributed by atoms with Crippen molar-refractivity contribution in [1.82, 2.24) is 4.90 Å². The second-order valence-electron chi connectivity index (χ2n) is 6.01. The van der Waals surface area contributed by atoms with Crippen molar-refractivity contribution < 1.29 is 19.1 Å². The minimum atomic E-state index is -0.748. The third-order valence-electron chi connectivity index (χ3n) is 4.31. The summed E-state index contributed by atoms with van der Waals surface area (Å²) < 4.78 is 9.44. The Morgan fingerprint density at radius 1 is 0.920 bits per heavy atom. The van der Waals surface area contributed by atoms with Crippen molar-refractivity contribution in [1.29, 1.82) is 0 Å². The number of carbonyl (C=O) groups excluding carboxylic acids is 2. The van der Waals surface area contributed by atoms with Gasteiger partial charge in [-0.05, 0) is 54.7 Å². The number of piperidine rings is 1. The first kappa shape index (κ1) is 17.0. The van der Waals surface area contributed by atoms with Crippen molar-refractivity contribution in [2.45, 2.75) is 19.3 Å². The van der Waals surface area contributed by atoms with Gasteiger partial charge in [0, 0.05) is 18.7 Å². The summed E-state index contributed by atoms with van der Waals surface area (Å²) in [5.74, 6) is 0.503. The average Bonchev–Trinajstić information content (AvgIpc) is 2.68. The largest absolute Gasteiger partial charge is 0.513 e. The van der Waals surface area contributed by atoms with Crippen LogP contribution >= 0.6 is 0 Å². The van der Waals surface area contributed by atoms with Gasteiger partial charge in [-0.15, -0.1) is 0 Å². The first-order chi connectivity index (χ1) is 12.2. The van der Waals surface area contributed by atoms with E-state index < -0.39 is 6.16 Å². The molecular weight excluding hydrogens is 318 g/mol. The SMILES string of the molecule is COC(=O)Oc1ccc(-c2cccc(C(=O)N3CCCCC3)c2)cc1. The van der Waals surface area contributed by atoms with E-state index in [0.717, 1.165) is 37.1 Å². The maximum Gasteiger partial charge on any atom is 0.513 e. The number of likely N-dealkylation sites (tertiary alicyclic amines) is 1. The third-order valence-corrected chi connectivity index (χ3v) is 4.31. The normalized spacial score (nSPS) is 14.0. The molecule has 1 fully saturated rings. The number of carbonyl (C=O) groups is 2. The van der Waals surface area contributed by atoms with Crippen LogP contribution in [0.2, 0.25) is 0 Å².